The molecule has 0 aliphatic rings. The van der Waals surface area contributed by atoms with Crippen LogP contribution < -0.4 is 5.32 Å². The van der Waals surface area contributed by atoms with E-state index in [1.54, 1.807) is 24.3 Å². The summed E-state index contributed by atoms with van der Waals surface area (Å²) in [6.45, 7) is -0.458. The molecule has 0 saturated heterocycles. The van der Waals surface area contributed by atoms with Gasteiger partial charge in [-0.25, -0.2) is 4.39 Å². The predicted octanol–water partition coefficient (Wildman–Crippen LogP) is 3.62. The Morgan fingerprint density at radius 2 is 1.76 bits per heavy atom. The van der Waals surface area contributed by atoms with E-state index in [0.29, 0.717) is 10.7 Å². The van der Waals surface area contributed by atoms with Crippen molar-refractivity contribution in [1.82, 2.24) is 0 Å². The molecule has 0 unspecified atom stereocenters. The third kappa shape index (κ3) is 6.35. The molecule has 1 N–H and O–H groups in total. The molecule has 2 aromatic rings. The standard InChI is InChI=1S/C18H15ClFNO4/c19-13-2-1-3-15(10-13)21-17(23)8-9-18(24)25-11-16(22)12-4-6-14(20)7-5-12/h1-7,10H,8-9,11H2,(H,21,23). The summed E-state index contributed by atoms with van der Waals surface area (Å²) < 4.78 is 17.6. The normalized spacial score (nSPS) is 10.2. The molecule has 0 aromatic heterocycles. The van der Waals surface area contributed by atoms with Gasteiger partial charge in [-0.15, -0.1) is 0 Å². The molecular weight excluding hydrogens is 349 g/mol. The second kappa shape index (κ2) is 8.94. The zero-order valence-corrected chi connectivity index (χ0v) is 13.9. The van der Waals surface area contributed by atoms with Crippen molar-refractivity contribution in [2.24, 2.45) is 0 Å². The first kappa shape index (κ1) is 18.6. The van der Waals surface area contributed by atoms with Crippen LogP contribution in [0.2, 0.25) is 5.02 Å². The summed E-state index contributed by atoms with van der Waals surface area (Å²) in [5.41, 5.74) is 0.769. The van der Waals surface area contributed by atoms with Crippen LogP contribution in [-0.2, 0) is 14.3 Å². The summed E-state index contributed by atoms with van der Waals surface area (Å²) in [7, 11) is 0. The van der Waals surface area contributed by atoms with Gasteiger partial charge in [-0.1, -0.05) is 17.7 Å². The Hall–Kier alpha value is -2.73. The number of carbonyl (C=O) groups is 3. The zero-order chi connectivity index (χ0) is 18.2. The SMILES string of the molecule is O=C(CCC(=O)OCC(=O)c1ccc(F)cc1)Nc1cccc(Cl)c1. The van der Waals surface area contributed by atoms with E-state index in [4.69, 9.17) is 16.3 Å². The highest BCUT2D eigenvalue weighted by Crippen LogP contribution is 2.15. The number of amides is 1. The Morgan fingerprint density at radius 3 is 2.44 bits per heavy atom. The molecule has 0 heterocycles. The summed E-state index contributed by atoms with van der Waals surface area (Å²) in [5, 5.41) is 3.08. The topological polar surface area (TPSA) is 72.5 Å². The fraction of sp³-hybridized carbons (Fsp3) is 0.167. The van der Waals surface area contributed by atoms with Crippen molar-refractivity contribution < 1.29 is 23.5 Å². The van der Waals surface area contributed by atoms with Crippen LogP contribution in [0.3, 0.4) is 0 Å². The van der Waals surface area contributed by atoms with E-state index in [9.17, 15) is 18.8 Å². The van der Waals surface area contributed by atoms with Crippen LogP contribution in [0.5, 0.6) is 0 Å². The van der Waals surface area contributed by atoms with Gasteiger partial charge in [0.05, 0.1) is 6.42 Å². The molecule has 0 fully saturated rings. The summed E-state index contributed by atoms with van der Waals surface area (Å²) >= 11 is 5.81. The van der Waals surface area contributed by atoms with Gasteiger partial charge in [-0.2, -0.15) is 0 Å². The van der Waals surface area contributed by atoms with E-state index < -0.39 is 24.2 Å². The van der Waals surface area contributed by atoms with Crippen molar-refractivity contribution in [3.05, 3.63) is 64.9 Å². The van der Waals surface area contributed by atoms with Crippen LogP contribution in [0, 0.1) is 5.82 Å². The highest BCUT2D eigenvalue weighted by atomic mass is 35.5. The maximum absolute atomic E-state index is 12.8. The van der Waals surface area contributed by atoms with Crippen LogP contribution in [0.1, 0.15) is 23.2 Å². The predicted molar refractivity (Wildman–Crippen MR) is 91.0 cm³/mol. The quantitative estimate of drug-likeness (QED) is 0.602. The molecule has 130 valence electrons. The Bertz CT molecular complexity index is 777. The van der Waals surface area contributed by atoms with Gasteiger partial charge in [0.15, 0.2) is 12.4 Å². The van der Waals surface area contributed by atoms with E-state index >= 15 is 0 Å². The second-order valence-corrected chi connectivity index (χ2v) is 5.59. The third-order valence-electron chi connectivity index (χ3n) is 3.20. The first-order valence-corrected chi connectivity index (χ1v) is 7.81. The highest BCUT2D eigenvalue weighted by Gasteiger charge is 2.12. The van der Waals surface area contributed by atoms with Gasteiger partial charge in [-0.05, 0) is 42.5 Å². The lowest BCUT2D eigenvalue weighted by Crippen LogP contribution is -2.17. The monoisotopic (exact) mass is 363 g/mol. The lowest BCUT2D eigenvalue weighted by molar-refractivity contribution is -0.143. The number of ether oxygens (including phenoxy) is 1. The molecule has 0 saturated carbocycles. The molecule has 0 radical (unpaired) electrons. The number of carbonyl (C=O) groups excluding carboxylic acids is 3. The molecule has 0 aliphatic carbocycles. The average molecular weight is 364 g/mol. The van der Waals surface area contributed by atoms with E-state index in [0.717, 1.165) is 12.1 Å². The molecule has 0 bridgehead atoms. The Balaban J connectivity index is 1.72. The number of nitrogens with one attached hydrogen (secondary N) is 1. The lowest BCUT2D eigenvalue weighted by Gasteiger charge is -2.06. The Labute approximate surface area is 148 Å². The molecule has 25 heavy (non-hydrogen) atoms. The average Bonchev–Trinajstić information content (AvgIpc) is 2.58. The summed E-state index contributed by atoms with van der Waals surface area (Å²) in [4.78, 5) is 35.1. The number of halogens is 2. The van der Waals surface area contributed by atoms with Gasteiger partial charge in [0.2, 0.25) is 5.91 Å². The first-order chi connectivity index (χ1) is 11.9. The van der Waals surface area contributed by atoms with Crippen LogP contribution in [0.25, 0.3) is 0 Å². The minimum atomic E-state index is -0.670. The summed E-state index contributed by atoms with van der Waals surface area (Å²) in [5.74, 6) is -1.95. The Morgan fingerprint density at radius 1 is 1.04 bits per heavy atom. The highest BCUT2D eigenvalue weighted by molar-refractivity contribution is 6.30. The second-order valence-electron chi connectivity index (χ2n) is 5.15. The molecular formula is C18H15ClFNO4. The number of hydrogen-bond donors (Lipinski definition) is 1. The summed E-state index contributed by atoms with van der Waals surface area (Å²) in [6.07, 6.45) is -0.251. The van der Waals surface area contributed by atoms with Crippen LogP contribution >= 0.6 is 11.6 Å². The van der Waals surface area contributed by atoms with Gasteiger partial charge in [0.25, 0.3) is 0 Å². The van der Waals surface area contributed by atoms with Gasteiger partial charge in [0.1, 0.15) is 5.82 Å². The minimum Gasteiger partial charge on any atom is -0.457 e. The Kier molecular flexibility index (Phi) is 6.65. The van der Waals surface area contributed by atoms with Crippen molar-refractivity contribution in [3.63, 3.8) is 0 Å². The van der Waals surface area contributed by atoms with Crippen molar-refractivity contribution >= 4 is 34.9 Å². The molecule has 5 nitrogen and oxygen atoms in total. The number of anilines is 1. The van der Waals surface area contributed by atoms with E-state index in [1.807, 2.05) is 0 Å². The number of rotatable bonds is 7. The van der Waals surface area contributed by atoms with Crippen LogP contribution in [-0.4, -0.2) is 24.3 Å². The van der Waals surface area contributed by atoms with Crippen LogP contribution in [0.15, 0.2) is 48.5 Å². The number of hydrogen-bond acceptors (Lipinski definition) is 4. The van der Waals surface area contributed by atoms with Crippen molar-refractivity contribution in [2.75, 3.05) is 11.9 Å². The van der Waals surface area contributed by atoms with Gasteiger partial charge in [-0.3, -0.25) is 14.4 Å². The van der Waals surface area contributed by atoms with E-state index in [2.05, 4.69) is 5.32 Å². The fourth-order valence-corrected chi connectivity index (χ4v) is 2.13. The van der Waals surface area contributed by atoms with Crippen molar-refractivity contribution in [3.8, 4) is 0 Å². The maximum atomic E-state index is 12.8. The number of esters is 1. The van der Waals surface area contributed by atoms with Crippen molar-refractivity contribution in [1.29, 1.82) is 0 Å². The van der Waals surface area contributed by atoms with Gasteiger partial charge < -0.3 is 10.1 Å². The fourth-order valence-electron chi connectivity index (χ4n) is 1.94. The van der Waals surface area contributed by atoms with Gasteiger partial charge >= 0.3 is 5.97 Å². The maximum Gasteiger partial charge on any atom is 0.306 e. The first-order valence-electron chi connectivity index (χ1n) is 7.44. The zero-order valence-electron chi connectivity index (χ0n) is 13.1. The summed E-state index contributed by atoms with van der Waals surface area (Å²) in [6, 6.07) is 11.5. The molecule has 7 heteroatoms. The third-order valence-corrected chi connectivity index (χ3v) is 3.43. The molecule has 0 spiro atoms. The molecule has 1 amide bonds. The van der Waals surface area contributed by atoms with Gasteiger partial charge in [0, 0.05) is 22.7 Å². The number of ketones is 1. The number of Topliss-reactive ketones (excluding diaryl/α,β-unsaturated/α-hetero) is 1. The molecule has 2 rings (SSSR count). The van der Waals surface area contributed by atoms with Crippen molar-refractivity contribution in [2.45, 2.75) is 12.8 Å². The van der Waals surface area contributed by atoms with E-state index in [-0.39, 0.29) is 24.3 Å². The number of benzene rings is 2. The van der Waals surface area contributed by atoms with E-state index in [1.165, 1.54) is 12.1 Å². The smallest absolute Gasteiger partial charge is 0.306 e. The lowest BCUT2D eigenvalue weighted by atomic mass is 10.1. The molecule has 2 aromatic carbocycles. The largest absolute Gasteiger partial charge is 0.457 e. The molecule has 0 atom stereocenters. The molecule has 0 aliphatic heterocycles. The minimum absolute atomic E-state index is 0.0872. The van der Waals surface area contributed by atoms with Crippen LogP contribution in [0.4, 0.5) is 10.1 Å².